The summed E-state index contributed by atoms with van der Waals surface area (Å²) in [7, 11) is 4.08. The summed E-state index contributed by atoms with van der Waals surface area (Å²) in [6, 6.07) is 8.91. The Morgan fingerprint density at radius 1 is 1.17 bits per heavy atom. The van der Waals surface area contributed by atoms with Crippen molar-refractivity contribution in [3.63, 3.8) is 0 Å². The summed E-state index contributed by atoms with van der Waals surface area (Å²) in [5.41, 5.74) is 3.38. The number of benzene rings is 1. The van der Waals surface area contributed by atoms with Crippen LogP contribution < -0.4 is 16.0 Å². The molecule has 0 atom stereocenters. The number of hydrogen-bond donors (Lipinski definition) is 3. The van der Waals surface area contributed by atoms with Gasteiger partial charge in [-0.3, -0.25) is 5.32 Å². The molecule has 164 valence electrons. The number of aromatic nitrogens is 2. The number of allylic oxidation sites excluding steroid dienone is 4. The van der Waals surface area contributed by atoms with E-state index in [1.807, 2.05) is 57.4 Å². The normalized spacial score (nSPS) is 11.1. The fourth-order valence-corrected chi connectivity index (χ4v) is 2.75. The summed E-state index contributed by atoms with van der Waals surface area (Å²) < 4.78 is 0. The molecule has 30 heavy (non-hydrogen) atoms. The molecule has 0 unspecified atom stereocenters. The number of hydrogen-bond acceptors (Lipinski definition) is 5. The fraction of sp³-hybridized carbons (Fsp3) is 0.261. The number of rotatable bonds is 10. The molecule has 1 aromatic carbocycles. The number of anilines is 3. The second kappa shape index (κ2) is 11.5. The SMILES string of the molecule is C=C/C=C(\C=C)c1ccc(NC(=O)Nc2nc(C)cc(NCCCN(C)C)n2)cc1.[HH].[HH].[HH]. The Balaban J connectivity index is 0. The van der Waals surface area contributed by atoms with Crippen molar-refractivity contribution in [1.29, 1.82) is 0 Å². The molecule has 7 heteroatoms. The van der Waals surface area contributed by atoms with E-state index in [2.05, 4.69) is 44.0 Å². The molecule has 0 radical (unpaired) electrons. The number of nitrogens with one attached hydrogen (secondary N) is 3. The van der Waals surface area contributed by atoms with Gasteiger partial charge in [0.25, 0.3) is 0 Å². The third-order valence-corrected chi connectivity index (χ3v) is 4.16. The average Bonchev–Trinajstić information content (AvgIpc) is 2.69. The lowest BCUT2D eigenvalue weighted by molar-refractivity contribution is 0.262. The van der Waals surface area contributed by atoms with Crippen LogP contribution >= 0.6 is 0 Å². The van der Waals surface area contributed by atoms with E-state index in [1.165, 1.54) is 0 Å². The van der Waals surface area contributed by atoms with Crippen molar-refractivity contribution in [3.05, 3.63) is 73.0 Å². The molecule has 0 bridgehead atoms. The van der Waals surface area contributed by atoms with Gasteiger partial charge in [0.15, 0.2) is 0 Å². The number of carbonyl (C=O) groups excluding carboxylic acids is 1. The molecule has 2 amide bonds. The maximum Gasteiger partial charge on any atom is 0.326 e. The highest BCUT2D eigenvalue weighted by atomic mass is 16.2. The molecule has 3 N–H and O–H groups in total. The van der Waals surface area contributed by atoms with Crippen LogP contribution in [0.1, 0.15) is 22.0 Å². The van der Waals surface area contributed by atoms with Crippen LogP contribution in [0, 0.1) is 6.92 Å². The Hall–Kier alpha value is -3.45. The number of aryl methyl sites for hydroxylation is 1. The summed E-state index contributed by atoms with van der Waals surface area (Å²) in [6.45, 7) is 11.1. The van der Waals surface area contributed by atoms with Crippen molar-refractivity contribution < 1.29 is 9.07 Å². The minimum absolute atomic E-state index is 0. The Labute approximate surface area is 183 Å². The fourth-order valence-electron chi connectivity index (χ4n) is 2.75. The highest BCUT2D eigenvalue weighted by Gasteiger charge is 2.08. The van der Waals surface area contributed by atoms with Gasteiger partial charge in [-0.2, -0.15) is 4.98 Å². The van der Waals surface area contributed by atoms with E-state index < -0.39 is 6.03 Å². The Bertz CT molecular complexity index is 917. The van der Waals surface area contributed by atoms with Gasteiger partial charge in [0.05, 0.1) is 0 Å². The Kier molecular flexibility index (Phi) is 8.77. The van der Waals surface area contributed by atoms with Crippen LogP contribution in [0.5, 0.6) is 0 Å². The Morgan fingerprint density at radius 2 is 1.90 bits per heavy atom. The standard InChI is InChI=1S/C23H30N6O.3H2/c1-6-9-18(7-2)19-10-12-20(13-11-19)26-23(30)28-22-25-17(3)16-21(27-22)24-14-8-15-29(4)5;;;/h6-7,9-13,16H,1-2,8,14-15H2,3-5H3,(H3,24,25,26,27,28,30);3*1H/b18-9+;;;. The Morgan fingerprint density at radius 3 is 2.53 bits per heavy atom. The molecule has 7 nitrogen and oxygen atoms in total. The third-order valence-electron chi connectivity index (χ3n) is 4.16. The van der Waals surface area contributed by atoms with Crippen LogP contribution in [0.25, 0.3) is 5.57 Å². The van der Waals surface area contributed by atoms with Crippen LogP contribution in [-0.2, 0) is 0 Å². The highest BCUT2D eigenvalue weighted by Crippen LogP contribution is 2.19. The first-order valence-electron chi connectivity index (χ1n) is 9.79. The molecule has 2 rings (SSSR count). The second-order valence-electron chi connectivity index (χ2n) is 7.02. The predicted molar refractivity (Wildman–Crippen MR) is 132 cm³/mol. The molecule has 2 aromatic rings. The molecular weight excluding hydrogens is 376 g/mol. The van der Waals surface area contributed by atoms with Gasteiger partial charge in [0.1, 0.15) is 5.82 Å². The molecule has 0 aliphatic carbocycles. The number of nitrogens with zero attached hydrogens (tertiary/aromatic N) is 3. The summed E-state index contributed by atoms with van der Waals surface area (Å²) in [4.78, 5) is 23.1. The number of urea groups is 1. The van der Waals surface area contributed by atoms with Gasteiger partial charge < -0.3 is 15.5 Å². The summed E-state index contributed by atoms with van der Waals surface area (Å²) in [5, 5.41) is 8.74. The first kappa shape index (κ1) is 22.8. The van der Waals surface area contributed by atoms with Crippen LogP contribution in [0.4, 0.5) is 22.2 Å². The van der Waals surface area contributed by atoms with Gasteiger partial charge in [0.2, 0.25) is 5.95 Å². The van der Waals surface area contributed by atoms with Gasteiger partial charge >= 0.3 is 6.03 Å². The predicted octanol–water partition coefficient (Wildman–Crippen LogP) is 5.29. The zero-order chi connectivity index (χ0) is 21.9. The van der Waals surface area contributed by atoms with E-state index >= 15 is 0 Å². The van der Waals surface area contributed by atoms with E-state index in [0.717, 1.165) is 36.3 Å². The molecule has 0 saturated carbocycles. The second-order valence-corrected chi connectivity index (χ2v) is 7.02. The maximum atomic E-state index is 12.3. The maximum absolute atomic E-state index is 12.3. The number of carbonyl (C=O) groups is 1. The van der Waals surface area contributed by atoms with Crippen molar-refractivity contribution in [2.24, 2.45) is 0 Å². The van der Waals surface area contributed by atoms with E-state index in [9.17, 15) is 4.79 Å². The van der Waals surface area contributed by atoms with E-state index in [-0.39, 0.29) is 10.2 Å². The van der Waals surface area contributed by atoms with Crippen molar-refractivity contribution in [1.82, 2.24) is 14.9 Å². The zero-order valence-electron chi connectivity index (χ0n) is 17.9. The lowest BCUT2D eigenvalue weighted by Gasteiger charge is -2.12. The van der Waals surface area contributed by atoms with Crippen molar-refractivity contribution in [2.45, 2.75) is 13.3 Å². The molecular formula is C23H36N6O. The largest absolute Gasteiger partial charge is 0.370 e. The van der Waals surface area contributed by atoms with Crippen LogP contribution in [0.3, 0.4) is 0 Å². The molecule has 0 aliphatic rings. The summed E-state index contributed by atoms with van der Waals surface area (Å²) >= 11 is 0. The molecule has 0 spiro atoms. The molecule has 1 aromatic heterocycles. The lowest BCUT2D eigenvalue weighted by atomic mass is 10.1. The van der Waals surface area contributed by atoms with Crippen LogP contribution in [-0.4, -0.2) is 48.1 Å². The van der Waals surface area contributed by atoms with Crippen molar-refractivity contribution in [3.8, 4) is 0 Å². The highest BCUT2D eigenvalue weighted by molar-refractivity contribution is 5.98. The van der Waals surface area contributed by atoms with Crippen molar-refractivity contribution >= 4 is 29.1 Å². The average molecular weight is 413 g/mol. The minimum Gasteiger partial charge on any atom is -0.370 e. The number of amides is 2. The molecule has 0 fully saturated rings. The van der Waals surface area contributed by atoms with Gasteiger partial charge in [-0.15, -0.1) is 0 Å². The van der Waals surface area contributed by atoms with E-state index in [0.29, 0.717) is 11.5 Å². The lowest BCUT2D eigenvalue weighted by Crippen LogP contribution is -2.21. The third kappa shape index (κ3) is 7.52. The van der Waals surface area contributed by atoms with Gasteiger partial charge in [0, 0.05) is 28.3 Å². The van der Waals surface area contributed by atoms with E-state index in [4.69, 9.17) is 0 Å². The van der Waals surface area contributed by atoms with Gasteiger partial charge in [-0.05, 0) is 57.3 Å². The molecule has 0 saturated heterocycles. The smallest absolute Gasteiger partial charge is 0.326 e. The zero-order valence-corrected chi connectivity index (χ0v) is 17.9. The summed E-state index contributed by atoms with van der Waals surface area (Å²) in [6.07, 6.45) is 6.34. The van der Waals surface area contributed by atoms with Gasteiger partial charge in [-0.25, -0.2) is 9.78 Å². The first-order valence-corrected chi connectivity index (χ1v) is 9.79. The minimum atomic E-state index is -0.405. The van der Waals surface area contributed by atoms with Gasteiger partial charge in [-0.1, -0.05) is 43.5 Å². The first-order chi connectivity index (χ1) is 14.4. The quantitative estimate of drug-likeness (QED) is 0.365. The summed E-state index contributed by atoms with van der Waals surface area (Å²) in [5.74, 6) is 0.939. The topological polar surface area (TPSA) is 82.2 Å². The van der Waals surface area contributed by atoms with Crippen LogP contribution in [0.15, 0.2) is 61.7 Å². The van der Waals surface area contributed by atoms with Crippen LogP contribution in [0.2, 0.25) is 0 Å². The monoisotopic (exact) mass is 412 g/mol. The van der Waals surface area contributed by atoms with E-state index in [1.54, 1.807) is 12.2 Å². The molecule has 1 heterocycles. The van der Waals surface area contributed by atoms with Crippen molar-refractivity contribution in [2.75, 3.05) is 43.1 Å². The molecule has 0 aliphatic heterocycles.